The first-order valence-electron chi connectivity index (χ1n) is 6.73. The lowest BCUT2D eigenvalue weighted by Crippen LogP contribution is -2.26. The summed E-state index contributed by atoms with van der Waals surface area (Å²) in [6.45, 7) is 0. The first-order valence-corrected chi connectivity index (χ1v) is 6.73. The molecule has 2 unspecified atom stereocenters. The van der Waals surface area contributed by atoms with Gasteiger partial charge in [-0.15, -0.1) is 0 Å². The van der Waals surface area contributed by atoms with Crippen LogP contribution in [0.15, 0.2) is 5.11 Å². The van der Waals surface area contributed by atoms with Crippen LogP contribution in [0.3, 0.4) is 0 Å². The maximum Gasteiger partial charge on any atom is 0.101 e. The Morgan fingerprint density at radius 2 is 1.47 bits per heavy atom. The molecule has 0 aromatic rings. The van der Waals surface area contributed by atoms with Gasteiger partial charge in [0, 0.05) is 4.91 Å². The first kappa shape index (κ1) is 14.3. The van der Waals surface area contributed by atoms with E-state index in [1.807, 2.05) is 0 Å². The fourth-order valence-corrected chi connectivity index (χ4v) is 2.46. The second-order valence-corrected chi connectivity index (χ2v) is 4.82. The predicted molar refractivity (Wildman–Crippen MR) is 66.6 cm³/mol. The van der Waals surface area contributed by atoms with E-state index in [9.17, 15) is 0 Å². The largest absolute Gasteiger partial charge is 0.252 e. The molecule has 1 rings (SSSR count). The molecule has 0 spiro atoms. The summed E-state index contributed by atoms with van der Waals surface area (Å²) in [5.74, 6) is 0. The van der Waals surface area contributed by atoms with Gasteiger partial charge >= 0.3 is 0 Å². The normalized spacial score (nSPS) is 28.5. The van der Waals surface area contributed by atoms with Crippen molar-refractivity contribution in [3.05, 3.63) is 10.4 Å². The van der Waals surface area contributed by atoms with Gasteiger partial charge in [0.1, 0.15) is 6.10 Å². The summed E-state index contributed by atoms with van der Waals surface area (Å²) < 4.78 is 0. The second-order valence-electron chi connectivity index (χ2n) is 4.82. The summed E-state index contributed by atoms with van der Waals surface area (Å²) in [5.41, 5.74) is 8.54. The van der Waals surface area contributed by atoms with E-state index >= 15 is 0 Å². The fourth-order valence-electron chi connectivity index (χ4n) is 2.46. The van der Waals surface area contributed by atoms with Crippen LogP contribution in [0.2, 0.25) is 0 Å². The molecule has 1 aliphatic rings. The Kier molecular flexibility index (Phi) is 7.80. The van der Waals surface area contributed by atoms with Crippen LogP contribution in [0.1, 0.15) is 64.2 Å². The Bertz CT molecular complexity index is 242. The molecule has 2 atom stereocenters. The van der Waals surface area contributed by atoms with Crippen molar-refractivity contribution in [2.45, 2.75) is 76.4 Å². The van der Waals surface area contributed by atoms with Gasteiger partial charge < -0.3 is 0 Å². The van der Waals surface area contributed by atoms with E-state index in [2.05, 4.69) is 14.9 Å². The lowest BCUT2D eigenvalue weighted by molar-refractivity contribution is -0.284. The molecule has 0 aliphatic heterocycles. The Morgan fingerprint density at radius 1 is 0.941 bits per heavy atom. The molecule has 0 amide bonds. The lowest BCUT2D eigenvalue weighted by Gasteiger charge is -2.21. The monoisotopic (exact) mass is 241 g/mol. The molecule has 1 N–H and O–H groups in total. The smallest absolute Gasteiger partial charge is 0.101 e. The summed E-state index contributed by atoms with van der Waals surface area (Å²) >= 11 is 0. The number of hydrogen-bond donors (Lipinski definition) is 1. The van der Waals surface area contributed by atoms with Crippen LogP contribution in [-0.2, 0) is 4.89 Å². The first-order chi connectivity index (χ1) is 8.38. The quantitative estimate of drug-likeness (QED) is 0.255. The summed E-state index contributed by atoms with van der Waals surface area (Å²) in [6.07, 6.45) is 10.8. The third kappa shape index (κ3) is 5.91. The van der Waals surface area contributed by atoms with Gasteiger partial charge in [0.15, 0.2) is 0 Å². The fraction of sp³-hybridized carbons (Fsp3) is 1.00. The second kappa shape index (κ2) is 9.28. The zero-order chi connectivity index (χ0) is 12.3. The van der Waals surface area contributed by atoms with E-state index in [0.717, 1.165) is 25.7 Å². The van der Waals surface area contributed by atoms with E-state index in [0.29, 0.717) is 0 Å². The average Bonchev–Trinajstić information content (AvgIpc) is 2.33. The number of azide groups is 1. The Hall–Kier alpha value is -0.770. The zero-order valence-corrected chi connectivity index (χ0v) is 10.4. The van der Waals surface area contributed by atoms with Gasteiger partial charge in [-0.1, -0.05) is 56.5 Å². The molecule has 0 aromatic heterocycles. The molecule has 1 aliphatic carbocycles. The van der Waals surface area contributed by atoms with Gasteiger partial charge in [-0.3, -0.25) is 5.26 Å². The summed E-state index contributed by atoms with van der Waals surface area (Å²) in [5, 5.41) is 12.7. The van der Waals surface area contributed by atoms with Crippen molar-refractivity contribution in [1.29, 1.82) is 0 Å². The standard InChI is InChI=1S/C12H23N3O2/c13-15-14-11-9-7-5-3-1-2-4-6-8-10-12(11)17-16/h11-12,16H,1-10H2. The van der Waals surface area contributed by atoms with Crippen LogP contribution in [-0.4, -0.2) is 17.4 Å². The maximum absolute atomic E-state index is 8.91. The third-order valence-corrected chi connectivity index (χ3v) is 3.50. The Morgan fingerprint density at radius 3 is 2.00 bits per heavy atom. The van der Waals surface area contributed by atoms with Crippen LogP contribution in [0.25, 0.3) is 10.4 Å². The Balaban J connectivity index is 2.51. The number of nitrogens with zero attached hydrogens (tertiary/aromatic N) is 3. The highest BCUT2D eigenvalue weighted by Gasteiger charge is 2.21. The lowest BCUT2D eigenvalue weighted by atomic mass is 9.96. The van der Waals surface area contributed by atoms with Crippen molar-refractivity contribution in [2.24, 2.45) is 5.11 Å². The molecule has 17 heavy (non-hydrogen) atoms. The summed E-state index contributed by atoms with van der Waals surface area (Å²) in [4.78, 5) is 7.36. The van der Waals surface area contributed by atoms with Gasteiger partial charge in [-0.05, 0) is 18.4 Å². The van der Waals surface area contributed by atoms with Gasteiger partial charge in [-0.2, -0.15) is 0 Å². The van der Waals surface area contributed by atoms with Gasteiger partial charge in [0.25, 0.3) is 0 Å². The maximum atomic E-state index is 8.91. The predicted octanol–water partition coefficient (Wildman–Crippen LogP) is 4.44. The van der Waals surface area contributed by atoms with Crippen molar-refractivity contribution in [2.75, 3.05) is 0 Å². The van der Waals surface area contributed by atoms with Crippen LogP contribution >= 0.6 is 0 Å². The molecule has 5 heteroatoms. The molecule has 1 saturated carbocycles. The molecule has 0 bridgehead atoms. The molecule has 0 aromatic carbocycles. The molecule has 0 heterocycles. The van der Waals surface area contributed by atoms with E-state index in [1.165, 1.54) is 38.5 Å². The van der Waals surface area contributed by atoms with E-state index in [-0.39, 0.29) is 12.1 Å². The number of rotatable bonds is 2. The highest BCUT2D eigenvalue weighted by Crippen LogP contribution is 2.21. The van der Waals surface area contributed by atoms with Crippen LogP contribution in [0.4, 0.5) is 0 Å². The van der Waals surface area contributed by atoms with Gasteiger partial charge in [0.2, 0.25) is 0 Å². The van der Waals surface area contributed by atoms with Crippen molar-refractivity contribution in [1.82, 2.24) is 0 Å². The van der Waals surface area contributed by atoms with Crippen LogP contribution in [0.5, 0.6) is 0 Å². The van der Waals surface area contributed by atoms with Crippen molar-refractivity contribution < 1.29 is 10.1 Å². The molecule has 98 valence electrons. The van der Waals surface area contributed by atoms with E-state index < -0.39 is 0 Å². The average molecular weight is 241 g/mol. The summed E-state index contributed by atoms with van der Waals surface area (Å²) in [6, 6.07) is -0.218. The molecular weight excluding hydrogens is 218 g/mol. The van der Waals surface area contributed by atoms with Crippen LogP contribution < -0.4 is 0 Å². The molecule has 0 radical (unpaired) electrons. The van der Waals surface area contributed by atoms with E-state index in [4.69, 9.17) is 10.8 Å². The summed E-state index contributed by atoms with van der Waals surface area (Å²) in [7, 11) is 0. The minimum Gasteiger partial charge on any atom is -0.252 e. The highest BCUT2D eigenvalue weighted by atomic mass is 17.1. The molecule has 5 nitrogen and oxygen atoms in total. The van der Waals surface area contributed by atoms with Gasteiger partial charge in [-0.25, -0.2) is 4.89 Å². The number of hydrogen-bond acceptors (Lipinski definition) is 3. The van der Waals surface area contributed by atoms with Crippen molar-refractivity contribution >= 4 is 0 Å². The van der Waals surface area contributed by atoms with E-state index in [1.54, 1.807) is 0 Å². The minimum atomic E-state index is -0.328. The zero-order valence-electron chi connectivity index (χ0n) is 10.4. The minimum absolute atomic E-state index is 0.218. The highest BCUT2D eigenvalue weighted by molar-refractivity contribution is 4.77. The van der Waals surface area contributed by atoms with Crippen LogP contribution in [0, 0.1) is 0 Å². The third-order valence-electron chi connectivity index (χ3n) is 3.50. The molecule has 0 saturated heterocycles. The van der Waals surface area contributed by atoms with Crippen molar-refractivity contribution in [3.8, 4) is 0 Å². The topological polar surface area (TPSA) is 78.2 Å². The SMILES string of the molecule is [N-]=[N+]=NC1CCCCCCCCCCC1OO. The Labute approximate surface area is 103 Å². The van der Waals surface area contributed by atoms with Crippen molar-refractivity contribution in [3.63, 3.8) is 0 Å². The molecule has 1 fully saturated rings. The van der Waals surface area contributed by atoms with Gasteiger partial charge in [0.05, 0.1) is 6.04 Å². The molecular formula is C12H23N3O2.